The molecule has 0 bridgehead atoms. The first-order valence-electron chi connectivity index (χ1n) is 8.77. The first kappa shape index (κ1) is 19.6. The summed E-state index contributed by atoms with van der Waals surface area (Å²) in [7, 11) is -0.787. The molecular weight excluding hydrogens is 368 g/mol. The van der Waals surface area contributed by atoms with Crippen LogP contribution in [0.4, 0.5) is 0 Å². The molecule has 0 aliphatic carbocycles. The Kier molecular flexibility index (Phi) is 6.30. The van der Waals surface area contributed by atoms with E-state index in [4.69, 9.17) is 14.2 Å². The van der Waals surface area contributed by atoms with Gasteiger partial charge in [0.2, 0.25) is 10.0 Å². The molecule has 0 saturated carbocycles. The molecule has 27 heavy (non-hydrogen) atoms. The Bertz CT molecular complexity index is 852. The van der Waals surface area contributed by atoms with Crippen LogP contribution in [0.1, 0.15) is 24.4 Å². The van der Waals surface area contributed by atoms with Crippen molar-refractivity contribution in [1.29, 1.82) is 0 Å². The number of pyridine rings is 1. The lowest BCUT2D eigenvalue weighted by atomic mass is 9.88. The predicted molar refractivity (Wildman–Crippen MR) is 100 cm³/mol. The molecule has 1 aromatic carbocycles. The molecule has 146 valence electrons. The van der Waals surface area contributed by atoms with Gasteiger partial charge in [-0.1, -0.05) is 6.07 Å². The number of sulfonamides is 1. The summed E-state index contributed by atoms with van der Waals surface area (Å²) < 4.78 is 44.9. The maximum atomic E-state index is 13.1. The lowest BCUT2D eigenvalue weighted by molar-refractivity contribution is 0.0564. The van der Waals surface area contributed by atoms with Crippen LogP contribution in [-0.4, -0.2) is 40.8 Å². The molecule has 1 atom stereocenters. The van der Waals surface area contributed by atoms with Gasteiger partial charge in [-0.25, -0.2) is 13.1 Å². The van der Waals surface area contributed by atoms with Gasteiger partial charge in [-0.2, -0.15) is 0 Å². The fourth-order valence-electron chi connectivity index (χ4n) is 3.26. The van der Waals surface area contributed by atoms with Gasteiger partial charge in [-0.05, 0) is 42.5 Å². The van der Waals surface area contributed by atoms with Gasteiger partial charge in [-0.3, -0.25) is 4.98 Å². The number of methoxy groups -OCH3 is 2. The zero-order valence-corrected chi connectivity index (χ0v) is 16.2. The van der Waals surface area contributed by atoms with Crippen LogP contribution < -0.4 is 14.2 Å². The fourth-order valence-corrected chi connectivity index (χ4v) is 4.57. The van der Waals surface area contributed by atoms with Crippen LogP contribution in [0.25, 0.3) is 0 Å². The number of nitrogens with zero attached hydrogens (tertiary/aromatic N) is 1. The zero-order chi connectivity index (χ0) is 19.3. The molecule has 2 heterocycles. The monoisotopic (exact) mass is 392 g/mol. The maximum absolute atomic E-state index is 13.1. The number of rotatable bonds is 7. The van der Waals surface area contributed by atoms with Gasteiger partial charge in [-0.15, -0.1) is 0 Å². The highest BCUT2D eigenvalue weighted by Gasteiger charge is 2.30. The molecule has 1 aromatic heterocycles. The molecule has 0 spiro atoms. The maximum Gasteiger partial charge on any atom is 0.241 e. The largest absolute Gasteiger partial charge is 0.493 e. The lowest BCUT2D eigenvalue weighted by Gasteiger charge is -2.31. The topological polar surface area (TPSA) is 86.8 Å². The van der Waals surface area contributed by atoms with E-state index in [0.29, 0.717) is 24.7 Å². The van der Waals surface area contributed by atoms with E-state index < -0.39 is 10.0 Å². The molecule has 1 N–H and O–H groups in total. The van der Waals surface area contributed by atoms with E-state index in [1.165, 1.54) is 26.4 Å². The number of ether oxygens (including phenoxy) is 3. The second-order valence-corrected chi connectivity index (χ2v) is 8.07. The number of hydrogen-bond acceptors (Lipinski definition) is 6. The van der Waals surface area contributed by atoms with Crippen molar-refractivity contribution in [2.45, 2.75) is 23.8 Å². The average molecular weight is 392 g/mol. The molecule has 0 radical (unpaired) electrons. The molecule has 2 aromatic rings. The van der Waals surface area contributed by atoms with Gasteiger partial charge in [0.1, 0.15) is 0 Å². The van der Waals surface area contributed by atoms with Crippen LogP contribution in [0, 0.1) is 5.92 Å². The Labute approximate surface area is 159 Å². The quantitative estimate of drug-likeness (QED) is 0.779. The van der Waals surface area contributed by atoms with Crippen LogP contribution in [0.15, 0.2) is 47.6 Å². The van der Waals surface area contributed by atoms with E-state index >= 15 is 0 Å². The van der Waals surface area contributed by atoms with Crippen LogP contribution in [0.2, 0.25) is 0 Å². The van der Waals surface area contributed by atoms with Crippen molar-refractivity contribution in [1.82, 2.24) is 9.71 Å². The van der Waals surface area contributed by atoms with E-state index in [2.05, 4.69) is 9.71 Å². The molecular formula is C19H24N2O5S. The molecule has 1 saturated heterocycles. The van der Waals surface area contributed by atoms with Crippen molar-refractivity contribution in [3.05, 3.63) is 48.3 Å². The molecule has 3 rings (SSSR count). The summed E-state index contributed by atoms with van der Waals surface area (Å²) in [6.07, 6.45) is 4.95. The number of benzene rings is 1. The van der Waals surface area contributed by atoms with Gasteiger partial charge in [0.05, 0.1) is 25.2 Å². The highest BCUT2D eigenvalue weighted by atomic mass is 32.2. The standard InChI is InChI=1S/C19H24N2O5S/c1-24-17-6-5-16(12-18(17)25-2)27(22,23)21-19(14-7-10-26-11-8-14)15-4-3-9-20-13-15/h3-6,9,12-14,19,21H,7-8,10-11H2,1-2H3. The Morgan fingerprint density at radius 1 is 1.15 bits per heavy atom. The van der Waals surface area contributed by atoms with Crippen LogP contribution >= 0.6 is 0 Å². The Hall–Kier alpha value is -2.16. The normalized spacial score (nSPS) is 16.7. The second kappa shape index (κ2) is 8.69. The van der Waals surface area contributed by atoms with Gasteiger partial charge < -0.3 is 14.2 Å². The Morgan fingerprint density at radius 2 is 1.89 bits per heavy atom. The van der Waals surface area contributed by atoms with Crippen LogP contribution in [-0.2, 0) is 14.8 Å². The summed E-state index contributed by atoms with van der Waals surface area (Å²) in [5, 5.41) is 0. The van der Waals surface area contributed by atoms with Crippen molar-refractivity contribution < 1.29 is 22.6 Å². The van der Waals surface area contributed by atoms with E-state index in [1.807, 2.05) is 12.1 Å². The zero-order valence-electron chi connectivity index (χ0n) is 15.4. The summed E-state index contributed by atoms with van der Waals surface area (Å²) in [5.74, 6) is 0.979. The van der Waals surface area contributed by atoms with Crippen molar-refractivity contribution in [2.24, 2.45) is 5.92 Å². The van der Waals surface area contributed by atoms with Crippen molar-refractivity contribution >= 4 is 10.0 Å². The van der Waals surface area contributed by atoms with Gasteiger partial charge >= 0.3 is 0 Å². The third-order valence-corrected chi connectivity index (χ3v) is 6.17. The van der Waals surface area contributed by atoms with E-state index in [0.717, 1.165) is 18.4 Å². The fraction of sp³-hybridized carbons (Fsp3) is 0.421. The smallest absolute Gasteiger partial charge is 0.241 e. The second-order valence-electron chi connectivity index (χ2n) is 6.35. The summed E-state index contributed by atoms with van der Waals surface area (Å²) in [6.45, 7) is 1.25. The van der Waals surface area contributed by atoms with Crippen LogP contribution in [0.3, 0.4) is 0 Å². The van der Waals surface area contributed by atoms with Gasteiger partial charge in [0.25, 0.3) is 0 Å². The van der Waals surface area contributed by atoms with Crippen LogP contribution in [0.5, 0.6) is 11.5 Å². The minimum Gasteiger partial charge on any atom is -0.493 e. The SMILES string of the molecule is COc1ccc(S(=O)(=O)NC(c2cccnc2)C2CCOCC2)cc1OC. The summed E-state index contributed by atoms with van der Waals surface area (Å²) in [6, 6.07) is 7.89. The summed E-state index contributed by atoms with van der Waals surface area (Å²) in [5.41, 5.74) is 0.841. The summed E-state index contributed by atoms with van der Waals surface area (Å²) in [4.78, 5) is 4.28. The molecule has 0 amide bonds. The molecule has 7 nitrogen and oxygen atoms in total. The predicted octanol–water partition coefficient (Wildman–Crippen LogP) is 2.55. The highest BCUT2D eigenvalue weighted by Crippen LogP contribution is 2.33. The lowest BCUT2D eigenvalue weighted by Crippen LogP contribution is -2.36. The highest BCUT2D eigenvalue weighted by molar-refractivity contribution is 7.89. The van der Waals surface area contributed by atoms with E-state index in [-0.39, 0.29) is 16.9 Å². The van der Waals surface area contributed by atoms with Crippen molar-refractivity contribution in [2.75, 3.05) is 27.4 Å². The number of aromatic nitrogens is 1. The first-order valence-corrected chi connectivity index (χ1v) is 10.3. The molecule has 1 unspecified atom stereocenters. The van der Waals surface area contributed by atoms with Crippen molar-refractivity contribution in [3.8, 4) is 11.5 Å². The first-order chi connectivity index (χ1) is 13.0. The number of nitrogens with one attached hydrogen (secondary N) is 1. The Balaban J connectivity index is 1.92. The van der Waals surface area contributed by atoms with Crippen molar-refractivity contribution in [3.63, 3.8) is 0 Å². The third-order valence-electron chi connectivity index (χ3n) is 4.73. The van der Waals surface area contributed by atoms with Gasteiger partial charge in [0, 0.05) is 31.7 Å². The molecule has 1 aliphatic heterocycles. The number of hydrogen-bond donors (Lipinski definition) is 1. The minimum absolute atomic E-state index is 0.126. The minimum atomic E-state index is -3.77. The molecule has 1 fully saturated rings. The average Bonchev–Trinajstić information content (AvgIpc) is 2.72. The van der Waals surface area contributed by atoms with Gasteiger partial charge in [0.15, 0.2) is 11.5 Å². The summed E-state index contributed by atoms with van der Waals surface area (Å²) >= 11 is 0. The Morgan fingerprint density at radius 3 is 2.52 bits per heavy atom. The molecule has 1 aliphatic rings. The third kappa shape index (κ3) is 4.58. The molecule has 8 heteroatoms. The van der Waals surface area contributed by atoms with E-state index in [9.17, 15) is 8.42 Å². The van der Waals surface area contributed by atoms with E-state index in [1.54, 1.807) is 18.5 Å².